The molecule has 0 saturated carbocycles. The lowest BCUT2D eigenvalue weighted by Crippen LogP contribution is -2.33. The van der Waals surface area contributed by atoms with Crippen LogP contribution in [0.15, 0.2) is 4.79 Å². The Hall–Kier alpha value is -1.35. The molecule has 2 N–H and O–H groups in total. The summed E-state index contributed by atoms with van der Waals surface area (Å²) in [6.45, 7) is 5.85. The fourth-order valence-corrected chi connectivity index (χ4v) is 2.60. The van der Waals surface area contributed by atoms with Gasteiger partial charge in [0.05, 0.1) is 0 Å². The van der Waals surface area contributed by atoms with Crippen molar-refractivity contribution >= 4 is 40.2 Å². The summed E-state index contributed by atoms with van der Waals surface area (Å²) in [4.78, 5) is 24.0. The summed E-state index contributed by atoms with van der Waals surface area (Å²) in [5.74, 6) is 1.22. The second-order valence-electron chi connectivity index (χ2n) is 4.50. The highest BCUT2D eigenvalue weighted by Gasteiger charge is 2.12. The van der Waals surface area contributed by atoms with E-state index in [2.05, 4.69) is 9.97 Å². The SMILES string of the molecule is CCN(CC)c1nc(N)n(CCSC(=S)N(C)C)c(=O)n1. The molecule has 0 aliphatic carbocycles. The van der Waals surface area contributed by atoms with E-state index in [0.717, 1.165) is 17.4 Å². The first-order chi connectivity index (χ1) is 9.90. The Morgan fingerprint density at radius 2 is 1.95 bits per heavy atom. The van der Waals surface area contributed by atoms with Crippen LogP contribution in [0.5, 0.6) is 0 Å². The largest absolute Gasteiger partial charge is 0.369 e. The standard InChI is InChI=1S/C12H22N6OS2/c1-5-17(6-2)10-14-9(13)18(11(19)15-10)7-8-21-12(20)16(3)4/h5-8H2,1-4H3,(H2,13,14,15,19). The van der Waals surface area contributed by atoms with Gasteiger partial charge in [-0.15, -0.1) is 0 Å². The Morgan fingerprint density at radius 1 is 1.33 bits per heavy atom. The summed E-state index contributed by atoms with van der Waals surface area (Å²) >= 11 is 6.67. The molecule has 1 aromatic rings. The van der Waals surface area contributed by atoms with Gasteiger partial charge in [-0.1, -0.05) is 24.0 Å². The van der Waals surface area contributed by atoms with Crippen molar-refractivity contribution < 1.29 is 0 Å². The van der Waals surface area contributed by atoms with E-state index < -0.39 is 0 Å². The van der Waals surface area contributed by atoms with Crippen LogP contribution in [0.25, 0.3) is 0 Å². The van der Waals surface area contributed by atoms with E-state index in [9.17, 15) is 4.79 Å². The van der Waals surface area contributed by atoms with Crippen LogP contribution in [0.1, 0.15) is 13.8 Å². The minimum Gasteiger partial charge on any atom is -0.369 e. The smallest absolute Gasteiger partial charge is 0.353 e. The van der Waals surface area contributed by atoms with Gasteiger partial charge in [0.1, 0.15) is 4.32 Å². The van der Waals surface area contributed by atoms with Gasteiger partial charge in [-0.3, -0.25) is 4.57 Å². The number of anilines is 2. The number of rotatable bonds is 6. The van der Waals surface area contributed by atoms with Gasteiger partial charge in [0.15, 0.2) is 0 Å². The molecule has 0 fully saturated rings. The molecule has 0 amide bonds. The fraction of sp³-hybridized carbons (Fsp3) is 0.667. The molecule has 7 nitrogen and oxygen atoms in total. The maximum Gasteiger partial charge on any atom is 0.353 e. The second kappa shape index (κ2) is 8.18. The first kappa shape index (κ1) is 17.7. The van der Waals surface area contributed by atoms with E-state index in [-0.39, 0.29) is 11.6 Å². The van der Waals surface area contributed by atoms with E-state index in [1.807, 2.05) is 37.7 Å². The van der Waals surface area contributed by atoms with Gasteiger partial charge in [-0.05, 0) is 13.8 Å². The molecule has 0 spiro atoms. The van der Waals surface area contributed by atoms with Gasteiger partial charge in [0.2, 0.25) is 11.9 Å². The lowest BCUT2D eigenvalue weighted by molar-refractivity contribution is 0.647. The number of aromatic nitrogens is 3. The maximum absolute atomic E-state index is 12.1. The molecular formula is C12H22N6OS2. The van der Waals surface area contributed by atoms with Crippen LogP contribution in [0.4, 0.5) is 11.9 Å². The summed E-state index contributed by atoms with van der Waals surface area (Å²) in [7, 11) is 3.77. The van der Waals surface area contributed by atoms with Crippen LogP contribution >= 0.6 is 24.0 Å². The van der Waals surface area contributed by atoms with Gasteiger partial charge in [0.25, 0.3) is 0 Å². The molecule has 0 unspecified atom stereocenters. The highest BCUT2D eigenvalue weighted by Crippen LogP contribution is 2.09. The first-order valence-electron chi connectivity index (χ1n) is 6.74. The number of nitrogen functional groups attached to an aromatic ring is 1. The molecule has 0 bridgehead atoms. The Kier molecular flexibility index (Phi) is 6.90. The molecule has 0 radical (unpaired) electrons. The summed E-state index contributed by atoms with van der Waals surface area (Å²) in [5, 5.41) is 0. The van der Waals surface area contributed by atoms with Gasteiger partial charge < -0.3 is 15.5 Å². The number of thioether (sulfide) groups is 1. The van der Waals surface area contributed by atoms with E-state index >= 15 is 0 Å². The monoisotopic (exact) mass is 330 g/mol. The normalized spacial score (nSPS) is 10.5. The highest BCUT2D eigenvalue weighted by molar-refractivity contribution is 8.22. The molecule has 1 aromatic heterocycles. The van der Waals surface area contributed by atoms with Crippen molar-refractivity contribution in [2.24, 2.45) is 0 Å². The summed E-state index contributed by atoms with van der Waals surface area (Å²) in [6, 6.07) is 0. The van der Waals surface area contributed by atoms with Crippen LogP contribution in [-0.4, -0.2) is 56.7 Å². The molecule has 0 saturated heterocycles. The molecule has 0 aromatic carbocycles. The van der Waals surface area contributed by atoms with Crippen molar-refractivity contribution in [3.63, 3.8) is 0 Å². The van der Waals surface area contributed by atoms with Crippen molar-refractivity contribution in [2.75, 3.05) is 43.6 Å². The molecule has 9 heteroatoms. The van der Waals surface area contributed by atoms with E-state index in [1.165, 1.54) is 16.3 Å². The number of hydrogen-bond acceptors (Lipinski definition) is 7. The Balaban J connectivity index is 2.81. The first-order valence-corrected chi connectivity index (χ1v) is 8.13. The van der Waals surface area contributed by atoms with Gasteiger partial charge >= 0.3 is 5.69 Å². The van der Waals surface area contributed by atoms with Gasteiger partial charge in [-0.2, -0.15) is 9.97 Å². The fourth-order valence-electron chi connectivity index (χ4n) is 1.64. The van der Waals surface area contributed by atoms with Gasteiger partial charge in [0, 0.05) is 39.5 Å². The molecule has 0 atom stereocenters. The third-order valence-electron chi connectivity index (χ3n) is 2.87. The maximum atomic E-state index is 12.1. The van der Waals surface area contributed by atoms with Crippen LogP contribution in [-0.2, 0) is 6.54 Å². The van der Waals surface area contributed by atoms with Gasteiger partial charge in [-0.25, -0.2) is 4.79 Å². The zero-order valence-electron chi connectivity index (χ0n) is 12.9. The van der Waals surface area contributed by atoms with Crippen molar-refractivity contribution in [1.82, 2.24) is 19.4 Å². The summed E-state index contributed by atoms with van der Waals surface area (Å²) in [5.41, 5.74) is 5.50. The molecule has 1 heterocycles. The van der Waals surface area contributed by atoms with E-state index in [0.29, 0.717) is 18.2 Å². The van der Waals surface area contributed by atoms with E-state index in [1.54, 1.807) is 0 Å². The topological polar surface area (TPSA) is 80.3 Å². The average molecular weight is 330 g/mol. The highest BCUT2D eigenvalue weighted by atomic mass is 32.2. The third kappa shape index (κ3) is 4.85. The number of nitrogens with two attached hydrogens (primary N) is 1. The predicted octanol–water partition coefficient (Wildman–Crippen LogP) is 0.646. The van der Waals surface area contributed by atoms with Crippen LogP contribution in [0.3, 0.4) is 0 Å². The second-order valence-corrected chi connectivity index (χ2v) is 6.23. The Morgan fingerprint density at radius 3 is 2.43 bits per heavy atom. The molecule has 118 valence electrons. The summed E-state index contributed by atoms with van der Waals surface area (Å²) < 4.78 is 2.14. The number of hydrogen-bond donors (Lipinski definition) is 1. The van der Waals surface area contributed by atoms with Crippen LogP contribution in [0.2, 0.25) is 0 Å². The van der Waals surface area contributed by atoms with Crippen molar-refractivity contribution in [2.45, 2.75) is 20.4 Å². The zero-order valence-corrected chi connectivity index (χ0v) is 14.5. The number of nitrogens with zero attached hydrogens (tertiary/aromatic N) is 5. The van der Waals surface area contributed by atoms with Crippen LogP contribution < -0.4 is 16.3 Å². The quantitative estimate of drug-likeness (QED) is 0.762. The van der Waals surface area contributed by atoms with E-state index in [4.69, 9.17) is 18.0 Å². The minimum atomic E-state index is -0.374. The van der Waals surface area contributed by atoms with Crippen molar-refractivity contribution in [3.05, 3.63) is 10.5 Å². The lowest BCUT2D eigenvalue weighted by atomic mass is 10.5. The number of thiocarbonyl (C=S) groups is 1. The van der Waals surface area contributed by atoms with Crippen molar-refractivity contribution in [1.29, 1.82) is 0 Å². The molecule has 21 heavy (non-hydrogen) atoms. The summed E-state index contributed by atoms with van der Waals surface area (Å²) in [6.07, 6.45) is 0. The lowest BCUT2D eigenvalue weighted by Gasteiger charge is -2.19. The Bertz CT molecular complexity index is 541. The zero-order chi connectivity index (χ0) is 16.0. The molecule has 1 rings (SSSR count). The average Bonchev–Trinajstić information content (AvgIpc) is 2.42. The Labute approximate surface area is 134 Å². The predicted molar refractivity (Wildman–Crippen MR) is 93.0 cm³/mol. The molecule has 0 aliphatic heterocycles. The molecule has 0 aliphatic rings. The van der Waals surface area contributed by atoms with Crippen molar-refractivity contribution in [3.8, 4) is 0 Å². The minimum absolute atomic E-state index is 0.188. The van der Waals surface area contributed by atoms with Crippen LogP contribution in [0, 0.1) is 0 Å². The molecular weight excluding hydrogens is 308 g/mol. The third-order valence-corrected chi connectivity index (χ3v) is 4.59.